The first-order chi connectivity index (χ1) is 12.3. The van der Waals surface area contributed by atoms with E-state index in [1.54, 1.807) is 0 Å². The number of aromatic nitrogens is 2. The number of aliphatic hydroxyl groups excluding tert-OH is 1. The van der Waals surface area contributed by atoms with Gasteiger partial charge in [-0.05, 0) is 57.2 Å². The van der Waals surface area contributed by atoms with E-state index in [4.69, 9.17) is 9.72 Å². The van der Waals surface area contributed by atoms with Crippen LogP contribution in [0.15, 0.2) is 30.3 Å². The van der Waals surface area contributed by atoms with Gasteiger partial charge in [0, 0.05) is 12.2 Å². The zero-order valence-electron chi connectivity index (χ0n) is 14.7. The predicted octanol–water partition coefficient (Wildman–Crippen LogP) is 2.87. The molecule has 0 bridgehead atoms. The van der Waals surface area contributed by atoms with Crippen molar-refractivity contribution < 1.29 is 9.84 Å². The number of imidazole rings is 1. The highest BCUT2D eigenvalue weighted by molar-refractivity contribution is 5.21. The molecule has 0 saturated carbocycles. The number of β-amino-alcohol motifs (C(OH)–C–C–N with tert-alkyl or cyclic N) is 1. The molecule has 0 radical (unpaired) electrons. The molecule has 2 aromatic rings. The fourth-order valence-corrected chi connectivity index (χ4v) is 4.02. The maximum atomic E-state index is 10.4. The minimum Gasteiger partial charge on any atom is -0.491 e. The first-order valence-electron chi connectivity index (χ1n) is 9.47. The first kappa shape index (κ1) is 16.6. The van der Waals surface area contributed by atoms with Crippen molar-refractivity contribution in [3.05, 3.63) is 47.5 Å². The molecule has 1 aliphatic carbocycles. The Balaban J connectivity index is 1.35. The summed E-state index contributed by atoms with van der Waals surface area (Å²) in [5.41, 5.74) is 2.60. The average molecular weight is 341 g/mol. The first-order valence-corrected chi connectivity index (χ1v) is 9.47. The van der Waals surface area contributed by atoms with Crippen molar-refractivity contribution in [1.82, 2.24) is 14.9 Å². The van der Waals surface area contributed by atoms with Crippen LogP contribution in [-0.4, -0.2) is 45.8 Å². The summed E-state index contributed by atoms with van der Waals surface area (Å²) in [6, 6.07) is 9.98. The van der Waals surface area contributed by atoms with E-state index in [0.717, 1.165) is 43.8 Å². The fraction of sp³-hybridized carbons (Fsp3) is 0.550. The van der Waals surface area contributed by atoms with Crippen LogP contribution in [0.2, 0.25) is 0 Å². The lowest BCUT2D eigenvalue weighted by Crippen LogP contribution is -2.35. The number of hydrogen-bond acceptors (Lipinski definition) is 4. The van der Waals surface area contributed by atoms with Crippen molar-refractivity contribution in [3.63, 3.8) is 0 Å². The zero-order chi connectivity index (χ0) is 17.1. The summed E-state index contributed by atoms with van der Waals surface area (Å²) in [6.45, 7) is 1.96. The molecule has 2 atom stereocenters. The molecule has 2 aliphatic rings. The second kappa shape index (κ2) is 7.58. The second-order valence-corrected chi connectivity index (χ2v) is 7.19. The predicted molar refractivity (Wildman–Crippen MR) is 96.7 cm³/mol. The van der Waals surface area contributed by atoms with Crippen LogP contribution in [0, 0.1) is 0 Å². The van der Waals surface area contributed by atoms with Crippen molar-refractivity contribution in [1.29, 1.82) is 0 Å². The van der Waals surface area contributed by atoms with Gasteiger partial charge in [0.05, 0.1) is 11.7 Å². The molecule has 1 fully saturated rings. The molecule has 2 unspecified atom stereocenters. The lowest BCUT2D eigenvalue weighted by molar-refractivity contribution is 0.0628. The van der Waals surface area contributed by atoms with E-state index in [9.17, 15) is 5.11 Å². The SMILES string of the molecule is OC(COc1ccccc1)CN1CCCC1c1nc2c([nH]1)CCCC2. The Morgan fingerprint density at radius 1 is 1.20 bits per heavy atom. The number of hydrogen-bond donors (Lipinski definition) is 2. The topological polar surface area (TPSA) is 61.4 Å². The lowest BCUT2D eigenvalue weighted by atomic mass is 10.0. The van der Waals surface area contributed by atoms with Crippen LogP contribution in [0.3, 0.4) is 0 Å². The molecule has 1 saturated heterocycles. The maximum Gasteiger partial charge on any atom is 0.124 e. The van der Waals surface area contributed by atoms with Crippen molar-refractivity contribution in [2.75, 3.05) is 19.7 Å². The number of H-pyrrole nitrogens is 1. The van der Waals surface area contributed by atoms with Gasteiger partial charge in [0.2, 0.25) is 0 Å². The summed E-state index contributed by atoms with van der Waals surface area (Å²) in [5.74, 6) is 1.90. The number of ether oxygens (including phenoxy) is 1. The van der Waals surface area contributed by atoms with Gasteiger partial charge >= 0.3 is 0 Å². The van der Waals surface area contributed by atoms with Gasteiger partial charge in [0.1, 0.15) is 24.3 Å². The Labute approximate surface area is 149 Å². The number of likely N-dealkylation sites (tertiary alicyclic amines) is 1. The number of rotatable bonds is 6. The van der Waals surface area contributed by atoms with Crippen molar-refractivity contribution >= 4 is 0 Å². The van der Waals surface area contributed by atoms with Crippen LogP contribution < -0.4 is 4.74 Å². The van der Waals surface area contributed by atoms with E-state index in [0.29, 0.717) is 19.2 Å². The molecule has 0 spiro atoms. The van der Waals surface area contributed by atoms with Gasteiger partial charge in [-0.2, -0.15) is 0 Å². The fourth-order valence-electron chi connectivity index (χ4n) is 4.02. The number of aliphatic hydroxyl groups is 1. The number of benzene rings is 1. The van der Waals surface area contributed by atoms with Gasteiger partial charge < -0.3 is 14.8 Å². The van der Waals surface area contributed by atoms with Crippen LogP contribution in [0.1, 0.15) is 48.9 Å². The van der Waals surface area contributed by atoms with Crippen LogP contribution in [0.5, 0.6) is 5.75 Å². The Kier molecular flexibility index (Phi) is 5.04. The number of aromatic amines is 1. The molecular weight excluding hydrogens is 314 g/mol. The maximum absolute atomic E-state index is 10.4. The molecule has 1 aliphatic heterocycles. The molecular formula is C20H27N3O2. The van der Waals surface area contributed by atoms with Crippen LogP contribution in [0.4, 0.5) is 0 Å². The molecule has 4 rings (SSSR count). The van der Waals surface area contributed by atoms with Gasteiger partial charge in [-0.1, -0.05) is 18.2 Å². The Bertz CT molecular complexity index is 662. The van der Waals surface area contributed by atoms with Crippen molar-refractivity contribution in [3.8, 4) is 5.75 Å². The van der Waals surface area contributed by atoms with Gasteiger partial charge in [-0.15, -0.1) is 0 Å². The molecule has 5 heteroatoms. The normalized spacial score (nSPS) is 21.9. The molecule has 25 heavy (non-hydrogen) atoms. The standard InChI is InChI=1S/C20H27N3O2/c24-15(14-25-16-7-2-1-3-8-16)13-23-12-6-11-19(23)20-21-17-9-4-5-10-18(17)22-20/h1-3,7-8,15,19,24H,4-6,9-14H2,(H,21,22). The number of nitrogens with one attached hydrogen (secondary N) is 1. The molecule has 134 valence electrons. The van der Waals surface area contributed by atoms with Crippen LogP contribution in [-0.2, 0) is 12.8 Å². The Hall–Kier alpha value is -1.85. The summed E-state index contributed by atoms with van der Waals surface area (Å²) in [5, 5.41) is 10.4. The van der Waals surface area contributed by atoms with Crippen molar-refractivity contribution in [2.24, 2.45) is 0 Å². The van der Waals surface area contributed by atoms with Gasteiger partial charge in [0.25, 0.3) is 0 Å². The van der Waals surface area contributed by atoms with Crippen LogP contribution >= 0.6 is 0 Å². The smallest absolute Gasteiger partial charge is 0.124 e. The highest BCUT2D eigenvalue weighted by Gasteiger charge is 2.31. The third-order valence-electron chi connectivity index (χ3n) is 5.28. The highest BCUT2D eigenvalue weighted by atomic mass is 16.5. The quantitative estimate of drug-likeness (QED) is 0.848. The van der Waals surface area contributed by atoms with E-state index < -0.39 is 6.10 Å². The van der Waals surface area contributed by atoms with Gasteiger partial charge in [-0.3, -0.25) is 4.90 Å². The van der Waals surface area contributed by atoms with Gasteiger partial charge in [0.15, 0.2) is 0 Å². The van der Waals surface area contributed by atoms with Gasteiger partial charge in [-0.25, -0.2) is 4.98 Å². The summed E-state index contributed by atoms with van der Waals surface area (Å²) in [7, 11) is 0. The summed E-state index contributed by atoms with van der Waals surface area (Å²) >= 11 is 0. The van der Waals surface area contributed by atoms with E-state index >= 15 is 0 Å². The number of para-hydroxylation sites is 1. The van der Waals surface area contributed by atoms with E-state index in [-0.39, 0.29) is 0 Å². The minimum absolute atomic E-state index is 0.303. The molecule has 2 N–H and O–H groups in total. The number of nitrogens with zero attached hydrogens (tertiary/aromatic N) is 2. The minimum atomic E-state index is -0.495. The summed E-state index contributed by atoms with van der Waals surface area (Å²) in [6.07, 6.45) is 6.51. The van der Waals surface area contributed by atoms with Crippen LogP contribution in [0.25, 0.3) is 0 Å². The number of aryl methyl sites for hydroxylation is 2. The molecule has 1 aromatic carbocycles. The third-order valence-corrected chi connectivity index (χ3v) is 5.28. The molecule has 1 aromatic heterocycles. The summed E-state index contributed by atoms with van der Waals surface area (Å²) < 4.78 is 5.69. The molecule has 2 heterocycles. The monoisotopic (exact) mass is 341 g/mol. The van der Waals surface area contributed by atoms with Crippen molar-refractivity contribution in [2.45, 2.75) is 50.7 Å². The van der Waals surface area contributed by atoms with E-state index in [2.05, 4.69) is 9.88 Å². The summed E-state index contributed by atoms with van der Waals surface area (Å²) in [4.78, 5) is 10.8. The largest absolute Gasteiger partial charge is 0.491 e. The zero-order valence-corrected chi connectivity index (χ0v) is 14.7. The Morgan fingerprint density at radius 3 is 2.88 bits per heavy atom. The highest BCUT2D eigenvalue weighted by Crippen LogP contribution is 2.32. The third kappa shape index (κ3) is 3.88. The number of fused-ring (bicyclic) bond motifs is 1. The Morgan fingerprint density at radius 2 is 2.04 bits per heavy atom. The van der Waals surface area contributed by atoms with E-state index in [1.165, 1.54) is 24.2 Å². The lowest BCUT2D eigenvalue weighted by Gasteiger charge is -2.25. The molecule has 5 nitrogen and oxygen atoms in total. The molecule has 0 amide bonds. The second-order valence-electron chi connectivity index (χ2n) is 7.19. The van der Waals surface area contributed by atoms with E-state index in [1.807, 2.05) is 30.3 Å². The average Bonchev–Trinajstić information content (AvgIpc) is 3.27.